The molecule has 1 amide bonds. The van der Waals surface area contributed by atoms with Crippen molar-refractivity contribution in [1.29, 1.82) is 0 Å². The Morgan fingerprint density at radius 2 is 1.59 bits per heavy atom. The first kappa shape index (κ1) is 20.1. The van der Waals surface area contributed by atoms with Gasteiger partial charge in [-0.1, -0.05) is 36.4 Å². The Labute approximate surface area is 168 Å². The molecule has 8 heteroatoms. The molecule has 29 heavy (non-hydrogen) atoms. The van der Waals surface area contributed by atoms with Crippen molar-refractivity contribution in [2.45, 2.75) is 4.90 Å². The van der Waals surface area contributed by atoms with Gasteiger partial charge >= 0.3 is 10.1 Å². The highest BCUT2D eigenvalue weighted by Crippen LogP contribution is 2.30. The molecular formula is C21H18N2O5S. The Morgan fingerprint density at radius 1 is 0.931 bits per heavy atom. The minimum atomic E-state index is -4.03. The molecule has 3 aromatic rings. The van der Waals surface area contributed by atoms with E-state index in [2.05, 4.69) is 10.5 Å². The van der Waals surface area contributed by atoms with Crippen LogP contribution in [0.3, 0.4) is 0 Å². The lowest BCUT2D eigenvalue weighted by molar-refractivity contribution is 0.0955. The van der Waals surface area contributed by atoms with Crippen LogP contribution in [0.5, 0.6) is 11.5 Å². The molecule has 0 fully saturated rings. The highest BCUT2D eigenvalue weighted by Gasteiger charge is 2.19. The Hall–Kier alpha value is -3.65. The van der Waals surface area contributed by atoms with Crippen molar-refractivity contribution in [2.75, 3.05) is 7.11 Å². The van der Waals surface area contributed by atoms with Crippen LogP contribution in [0.25, 0.3) is 0 Å². The molecule has 3 aromatic carbocycles. The molecule has 0 heterocycles. The molecule has 3 rings (SSSR count). The Kier molecular flexibility index (Phi) is 6.25. The second-order valence-electron chi connectivity index (χ2n) is 5.83. The Bertz CT molecular complexity index is 1110. The van der Waals surface area contributed by atoms with E-state index in [4.69, 9.17) is 8.92 Å². The number of benzene rings is 3. The minimum Gasteiger partial charge on any atom is -0.493 e. The van der Waals surface area contributed by atoms with Crippen LogP contribution in [0.15, 0.2) is 88.9 Å². The highest BCUT2D eigenvalue weighted by atomic mass is 32.2. The quantitative estimate of drug-likeness (QED) is 0.367. The molecule has 0 bridgehead atoms. The Morgan fingerprint density at radius 3 is 2.24 bits per heavy atom. The lowest BCUT2D eigenvalue weighted by Crippen LogP contribution is -2.17. The van der Waals surface area contributed by atoms with Crippen molar-refractivity contribution in [2.24, 2.45) is 5.10 Å². The number of nitrogens with zero attached hydrogens (tertiary/aromatic N) is 1. The average Bonchev–Trinajstić information content (AvgIpc) is 2.75. The zero-order valence-electron chi connectivity index (χ0n) is 15.5. The van der Waals surface area contributed by atoms with Crippen molar-refractivity contribution < 1.29 is 22.1 Å². The topological polar surface area (TPSA) is 94.1 Å². The number of hydrogen-bond donors (Lipinski definition) is 1. The molecule has 0 aliphatic carbocycles. The van der Waals surface area contributed by atoms with Gasteiger partial charge in [-0.15, -0.1) is 0 Å². The third-order valence-electron chi connectivity index (χ3n) is 3.83. The summed E-state index contributed by atoms with van der Waals surface area (Å²) in [6, 6.07) is 21.1. The first-order chi connectivity index (χ1) is 14.0. The molecule has 0 atom stereocenters. The third kappa shape index (κ3) is 5.20. The summed E-state index contributed by atoms with van der Waals surface area (Å²) in [6.07, 6.45) is 1.38. The second-order valence-corrected chi connectivity index (χ2v) is 7.37. The number of amides is 1. The van der Waals surface area contributed by atoms with Gasteiger partial charge in [0.25, 0.3) is 5.91 Å². The summed E-state index contributed by atoms with van der Waals surface area (Å²) in [5, 5.41) is 3.90. The minimum absolute atomic E-state index is 0.00897. The van der Waals surface area contributed by atoms with Gasteiger partial charge in [-0.2, -0.15) is 13.5 Å². The van der Waals surface area contributed by atoms with E-state index < -0.39 is 10.1 Å². The van der Waals surface area contributed by atoms with Crippen molar-refractivity contribution in [3.8, 4) is 11.5 Å². The van der Waals surface area contributed by atoms with Gasteiger partial charge in [0.15, 0.2) is 11.5 Å². The van der Waals surface area contributed by atoms with Gasteiger partial charge in [0.05, 0.1) is 13.3 Å². The maximum absolute atomic E-state index is 12.5. The van der Waals surface area contributed by atoms with Crippen molar-refractivity contribution in [3.05, 3.63) is 90.0 Å². The summed E-state index contributed by atoms with van der Waals surface area (Å²) in [5.41, 5.74) is 3.39. The van der Waals surface area contributed by atoms with Crippen LogP contribution < -0.4 is 14.3 Å². The van der Waals surface area contributed by atoms with Gasteiger partial charge in [-0.3, -0.25) is 4.79 Å². The van der Waals surface area contributed by atoms with E-state index in [1.54, 1.807) is 54.6 Å². The van der Waals surface area contributed by atoms with Crippen molar-refractivity contribution in [3.63, 3.8) is 0 Å². The van der Waals surface area contributed by atoms with E-state index in [9.17, 15) is 13.2 Å². The molecule has 148 valence electrons. The van der Waals surface area contributed by atoms with Gasteiger partial charge in [0.1, 0.15) is 4.90 Å². The van der Waals surface area contributed by atoms with Gasteiger partial charge in [0, 0.05) is 5.56 Å². The zero-order chi connectivity index (χ0) is 20.7. The van der Waals surface area contributed by atoms with Crippen LogP contribution in [0, 0.1) is 0 Å². The number of hydrogen-bond acceptors (Lipinski definition) is 6. The monoisotopic (exact) mass is 410 g/mol. The van der Waals surface area contributed by atoms with Crippen molar-refractivity contribution >= 4 is 22.2 Å². The largest absolute Gasteiger partial charge is 0.493 e. The lowest BCUT2D eigenvalue weighted by atomic mass is 10.2. The highest BCUT2D eigenvalue weighted by molar-refractivity contribution is 7.87. The van der Waals surface area contributed by atoms with E-state index in [-0.39, 0.29) is 22.3 Å². The fourth-order valence-electron chi connectivity index (χ4n) is 2.41. The molecule has 0 saturated heterocycles. The summed E-state index contributed by atoms with van der Waals surface area (Å²) < 4.78 is 35.4. The van der Waals surface area contributed by atoms with E-state index >= 15 is 0 Å². The number of hydrazone groups is 1. The van der Waals surface area contributed by atoms with Gasteiger partial charge in [-0.25, -0.2) is 5.43 Å². The van der Waals surface area contributed by atoms with Crippen LogP contribution in [0.2, 0.25) is 0 Å². The fourth-order valence-corrected chi connectivity index (χ4v) is 3.37. The molecule has 0 aliphatic rings. The summed E-state index contributed by atoms with van der Waals surface area (Å²) in [5.74, 6) is -0.108. The SMILES string of the molecule is COc1ccc(/C=N/NC(=O)c2ccccc2)cc1OS(=O)(=O)c1ccccc1. The first-order valence-corrected chi connectivity index (χ1v) is 9.96. The average molecular weight is 410 g/mol. The van der Waals surface area contributed by atoms with Gasteiger partial charge in [0.2, 0.25) is 0 Å². The van der Waals surface area contributed by atoms with E-state index in [0.29, 0.717) is 11.1 Å². The number of nitrogens with one attached hydrogen (secondary N) is 1. The van der Waals surface area contributed by atoms with Crippen LogP contribution in [0.4, 0.5) is 0 Å². The maximum Gasteiger partial charge on any atom is 0.339 e. The summed E-state index contributed by atoms with van der Waals surface area (Å²) in [6.45, 7) is 0. The number of rotatable bonds is 7. The lowest BCUT2D eigenvalue weighted by Gasteiger charge is -2.11. The summed E-state index contributed by atoms with van der Waals surface area (Å²) in [7, 11) is -2.62. The van der Waals surface area contributed by atoms with Crippen LogP contribution in [-0.4, -0.2) is 27.6 Å². The predicted octanol–water partition coefficient (Wildman–Crippen LogP) is 3.23. The molecule has 0 aliphatic heterocycles. The molecule has 1 N–H and O–H groups in total. The summed E-state index contributed by atoms with van der Waals surface area (Å²) >= 11 is 0. The first-order valence-electron chi connectivity index (χ1n) is 8.55. The van der Waals surface area contributed by atoms with E-state index in [1.165, 1.54) is 31.5 Å². The molecule has 0 saturated carbocycles. The molecule has 0 radical (unpaired) electrons. The maximum atomic E-state index is 12.5. The molecule has 7 nitrogen and oxygen atoms in total. The van der Waals surface area contributed by atoms with Gasteiger partial charge < -0.3 is 8.92 Å². The van der Waals surface area contributed by atoms with E-state index in [0.717, 1.165) is 0 Å². The van der Waals surface area contributed by atoms with Crippen LogP contribution >= 0.6 is 0 Å². The molecule has 0 spiro atoms. The third-order valence-corrected chi connectivity index (χ3v) is 5.08. The number of ether oxygens (including phenoxy) is 1. The van der Waals surface area contributed by atoms with Crippen LogP contribution in [0.1, 0.15) is 15.9 Å². The number of carbonyl (C=O) groups excluding carboxylic acids is 1. The smallest absolute Gasteiger partial charge is 0.339 e. The molecule has 0 unspecified atom stereocenters. The number of carbonyl (C=O) groups is 1. The number of methoxy groups -OCH3 is 1. The molecule has 0 aromatic heterocycles. The van der Waals surface area contributed by atoms with Crippen LogP contribution in [-0.2, 0) is 10.1 Å². The standard InChI is InChI=1S/C21H18N2O5S/c1-27-19-13-12-16(15-22-23-21(24)17-8-4-2-5-9-17)14-20(19)28-29(25,26)18-10-6-3-7-11-18/h2-15H,1H3,(H,23,24)/b22-15+. The summed E-state index contributed by atoms with van der Waals surface area (Å²) in [4.78, 5) is 12.0. The Balaban J connectivity index is 1.77. The zero-order valence-corrected chi connectivity index (χ0v) is 16.3. The van der Waals surface area contributed by atoms with Crippen molar-refractivity contribution in [1.82, 2.24) is 5.43 Å². The predicted molar refractivity (Wildman–Crippen MR) is 109 cm³/mol. The second kappa shape index (κ2) is 9.03. The van der Waals surface area contributed by atoms with E-state index in [1.807, 2.05) is 6.07 Å². The van der Waals surface area contributed by atoms with Gasteiger partial charge in [-0.05, 0) is 48.0 Å². The molecular weight excluding hydrogens is 392 g/mol. The fraction of sp³-hybridized carbons (Fsp3) is 0.0476. The normalized spacial score (nSPS) is 11.2.